The van der Waals surface area contributed by atoms with Gasteiger partial charge in [-0.25, -0.2) is 0 Å². The molecule has 1 saturated heterocycles. The SMILES string of the molecule is CC(C)CN(CC(=O)O)C1CCOCC1. The number of aliphatic carboxylic acids is 1. The fourth-order valence-corrected chi connectivity index (χ4v) is 2.04. The lowest BCUT2D eigenvalue weighted by atomic mass is 10.1. The quantitative estimate of drug-likeness (QED) is 0.749. The number of hydrogen-bond acceptors (Lipinski definition) is 3. The van der Waals surface area contributed by atoms with Crippen molar-refractivity contribution < 1.29 is 14.6 Å². The molecule has 0 unspecified atom stereocenters. The van der Waals surface area contributed by atoms with Gasteiger partial charge in [0.05, 0.1) is 6.54 Å². The molecule has 15 heavy (non-hydrogen) atoms. The minimum Gasteiger partial charge on any atom is -0.480 e. The number of nitrogens with zero attached hydrogens (tertiary/aromatic N) is 1. The second kappa shape index (κ2) is 6.08. The first kappa shape index (κ1) is 12.5. The molecule has 4 nitrogen and oxygen atoms in total. The van der Waals surface area contributed by atoms with Gasteiger partial charge in [-0.1, -0.05) is 13.8 Å². The van der Waals surface area contributed by atoms with Gasteiger partial charge in [0.15, 0.2) is 0 Å². The molecular weight excluding hydrogens is 194 g/mol. The zero-order valence-electron chi connectivity index (χ0n) is 9.61. The first-order valence-electron chi connectivity index (χ1n) is 5.63. The highest BCUT2D eigenvalue weighted by Crippen LogP contribution is 2.15. The van der Waals surface area contributed by atoms with Crippen molar-refractivity contribution in [2.45, 2.75) is 32.7 Å². The van der Waals surface area contributed by atoms with Crippen LogP contribution < -0.4 is 0 Å². The van der Waals surface area contributed by atoms with E-state index in [1.165, 1.54) is 0 Å². The van der Waals surface area contributed by atoms with Gasteiger partial charge in [-0.05, 0) is 18.8 Å². The molecular formula is C11H21NO3. The Balaban J connectivity index is 2.48. The molecule has 1 aliphatic rings. The maximum atomic E-state index is 10.8. The van der Waals surface area contributed by atoms with Crippen LogP contribution in [0.25, 0.3) is 0 Å². The van der Waals surface area contributed by atoms with Gasteiger partial charge in [0.25, 0.3) is 0 Å². The fourth-order valence-electron chi connectivity index (χ4n) is 2.04. The Hall–Kier alpha value is -0.610. The summed E-state index contributed by atoms with van der Waals surface area (Å²) in [7, 11) is 0. The molecule has 4 heteroatoms. The monoisotopic (exact) mass is 215 g/mol. The predicted octanol–water partition coefficient (Wildman–Crippen LogP) is 1.21. The number of hydrogen-bond donors (Lipinski definition) is 1. The third-order valence-corrected chi connectivity index (χ3v) is 2.65. The van der Waals surface area contributed by atoms with E-state index in [1.54, 1.807) is 0 Å². The minimum atomic E-state index is -0.734. The van der Waals surface area contributed by atoms with Crippen LogP contribution >= 0.6 is 0 Å². The van der Waals surface area contributed by atoms with Crippen LogP contribution in [-0.4, -0.2) is 48.3 Å². The summed E-state index contributed by atoms with van der Waals surface area (Å²) >= 11 is 0. The van der Waals surface area contributed by atoms with Crippen LogP contribution in [0.15, 0.2) is 0 Å². The molecule has 0 aromatic rings. The van der Waals surface area contributed by atoms with Crippen molar-refractivity contribution in [3.05, 3.63) is 0 Å². The van der Waals surface area contributed by atoms with E-state index in [0.717, 1.165) is 32.6 Å². The molecule has 1 heterocycles. The molecule has 0 saturated carbocycles. The van der Waals surface area contributed by atoms with E-state index in [1.807, 2.05) is 0 Å². The number of carboxylic acid groups (broad SMARTS) is 1. The highest BCUT2D eigenvalue weighted by molar-refractivity contribution is 5.69. The summed E-state index contributed by atoms with van der Waals surface area (Å²) in [5.74, 6) is -0.227. The Bertz CT molecular complexity index is 200. The van der Waals surface area contributed by atoms with Crippen LogP contribution in [0.1, 0.15) is 26.7 Å². The van der Waals surface area contributed by atoms with Crippen molar-refractivity contribution in [3.63, 3.8) is 0 Å². The molecule has 1 fully saturated rings. The molecule has 0 bridgehead atoms. The van der Waals surface area contributed by atoms with Gasteiger partial charge in [0.1, 0.15) is 0 Å². The fraction of sp³-hybridized carbons (Fsp3) is 0.909. The molecule has 0 atom stereocenters. The molecule has 0 aromatic carbocycles. The van der Waals surface area contributed by atoms with E-state index >= 15 is 0 Å². The number of ether oxygens (including phenoxy) is 1. The lowest BCUT2D eigenvalue weighted by Gasteiger charge is -2.34. The summed E-state index contributed by atoms with van der Waals surface area (Å²) in [5, 5.41) is 8.85. The summed E-state index contributed by atoms with van der Waals surface area (Å²) in [4.78, 5) is 12.8. The van der Waals surface area contributed by atoms with Gasteiger partial charge in [-0.3, -0.25) is 9.69 Å². The van der Waals surface area contributed by atoms with Gasteiger partial charge < -0.3 is 9.84 Å². The highest BCUT2D eigenvalue weighted by Gasteiger charge is 2.23. The van der Waals surface area contributed by atoms with Gasteiger partial charge in [-0.15, -0.1) is 0 Å². The molecule has 0 aliphatic carbocycles. The molecule has 1 rings (SSSR count). The largest absolute Gasteiger partial charge is 0.480 e. The summed E-state index contributed by atoms with van der Waals surface area (Å²) in [6.45, 7) is 6.78. The third-order valence-electron chi connectivity index (χ3n) is 2.65. The molecule has 0 spiro atoms. The van der Waals surface area contributed by atoms with Crippen LogP contribution in [-0.2, 0) is 9.53 Å². The number of carboxylic acids is 1. The van der Waals surface area contributed by atoms with Crippen LogP contribution in [0.3, 0.4) is 0 Å². The number of carbonyl (C=O) groups is 1. The Morgan fingerprint density at radius 2 is 2.07 bits per heavy atom. The van der Waals surface area contributed by atoms with Crippen molar-refractivity contribution in [3.8, 4) is 0 Å². The number of rotatable bonds is 5. The Labute approximate surface area is 91.2 Å². The molecule has 0 amide bonds. The van der Waals surface area contributed by atoms with E-state index in [4.69, 9.17) is 9.84 Å². The smallest absolute Gasteiger partial charge is 0.317 e. The highest BCUT2D eigenvalue weighted by atomic mass is 16.5. The maximum Gasteiger partial charge on any atom is 0.317 e. The predicted molar refractivity (Wildman–Crippen MR) is 57.9 cm³/mol. The van der Waals surface area contributed by atoms with E-state index < -0.39 is 5.97 Å². The van der Waals surface area contributed by atoms with Gasteiger partial charge in [0.2, 0.25) is 0 Å². The Morgan fingerprint density at radius 3 is 2.53 bits per heavy atom. The van der Waals surface area contributed by atoms with Crippen LogP contribution in [0, 0.1) is 5.92 Å². The first-order valence-corrected chi connectivity index (χ1v) is 5.63. The summed E-state index contributed by atoms with van der Waals surface area (Å²) in [6, 6.07) is 0.386. The Kier molecular flexibility index (Phi) is 5.05. The van der Waals surface area contributed by atoms with E-state index in [0.29, 0.717) is 12.0 Å². The van der Waals surface area contributed by atoms with Crippen molar-refractivity contribution in [1.82, 2.24) is 4.90 Å². The third kappa shape index (κ3) is 4.62. The topological polar surface area (TPSA) is 49.8 Å². The standard InChI is InChI=1S/C11H21NO3/c1-9(2)7-12(8-11(13)14)10-3-5-15-6-4-10/h9-10H,3-8H2,1-2H3,(H,13,14). The van der Waals surface area contributed by atoms with E-state index in [9.17, 15) is 4.79 Å². The van der Waals surface area contributed by atoms with E-state index in [2.05, 4.69) is 18.7 Å². The zero-order chi connectivity index (χ0) is 11.3. The maximum absolute atomic E-state index is 10.8. The van der Waals surface area contributed by atoms with Crippen molar-refractivity contribution in [1.29, 1.82) is 0 Å². The van der Waals surface area contributed by atoms with Gasteiger partial charge in [-0.2, -0.15) is 0 Å². The van der Waals surface area contributed by atoms with E-state index in [-0.39, 0.29) is 6.54 Å². The van der Waals surface area contributed by atoms with Crippen molar-refractivity contribution in [2.24, 2.45) is 5.92 Å². The minimum absolute atomic E-state index is 0.156. The first-order chi connectivity index (χ1) is 7.09. The molecule has 88 valence electrons. The van der Waals surface area contributed by atoms with Gasteiger partial charge >= 0.3 is 5.97 Å². The second-order valence-electron chi connectivity index (χ2n) is 4.56. The van der Waals surface area contributed by atoms with Crippen LogP contribution in [0.5, 0.6) is 0 Å². The van der Waals surface area contributed by atoms with Crippen molar-refractivity contribution >= 4 is 5.97 Å². The van der Waals surface area contributed by atoms with Crippen molar-refractivity contribution in [2.75, 3.05) is 26.3 Å². The molecule has 1 N–H and O–H groups in total. The lowest BCUT2D eigenvalue weighted by molar-refractivity contribution is -0.139. The summed E-state index contributed by atoms with van der Waals surface area (Å²) in [5.41, 5.74) is 0. The molecule has 1 aliphatic heterocycles. The molecule has 0 aromatic heterocycles. The average Bonchev–Trinajstić information content (AvgIpc) is 2.17. The average molecular weight is 215 g/mol. The summed E-state index contributed by atoms with van der Waals surface area (Å²) < 4.78 is 5.29. The van der Waals surface area contributed by atoms with Crippen LogP contribution in [0.4, 0.5) is 0 Å². The second-order valence-corrected chi connectivity index (χ2v) is 4.56. The zero-order valence-corrected chi connectivity index (χ0v) is 9.61. The van der Waals surface area contributed by atoms with Gasteiger partial charge in [0, 0.05) is 25.8 Å². The Morgan fingerprint density at radius 1 is 1.47 bits per heavy atom. The summed E-state index contributed by atoms with van der Waals surface area (Å²) in [6.07, 6.45) is 1.92. The lowest BCUT2D eigenvalue weighted by Crippen LogP contribution is -2.44. The molecule has 0 radical (unpaired) electrons. The normalized spacial score (nSPS) is 18.7. The van der Waals surface area contributed by atoms with Crippen LogP contribution in [0.2, 0.25) is 0 Å².